The van der Waals surface area contributed by atoms with Crippen LogP contribution in [0.5, 0.6) is 0 Å². The Kier molecular flexibility index (Phi) is 3.91. The van der Waals surface area contributed by atoms with Gasteiger partial charge in [0.25, 0.3) is 5.91 Å². The second kappa shape index (κ2) is 5.44. The van der Waals surface area contributed by atoms with Gasteiger partial charge in [0.05, 0.1) is 12.3 Å². The maximum Gasteiger partial charge on any atom is 0.270 e. The van der Waals surface area contributed by atoms with Crippen molar-refractivity contribution < 1.29 is 9.53 Å². The summed E-state index contributed by atoms with van der Waals surface area (Å²) >= 11 is 0. The van der Waals surface area contributed by atoms with Gasteiger partial charge < -0.3 is 19.9 Å². The van der Waals surface area contributed by atoms with Crippen molar-refractivity contribution in [3.05, 3.63) is 18.0 Å². The quantitative estimate of drug-likeness (QED) is 0.874. The number of nitrogens with zero attached hydrogens (tertiary/aromatic N) is 2. The van der Waals surface area contributed by atoms with E-state index in [9.17, 15) is 4.79 Å². The van der Waals surface area contributed by atoms with Crippen LogP contribution in [0.25, 0.3) is 0 Å². The van der Waals surface area contributed by atoms with Crippen molar-refractivity contribution >= 4 is 11.6 Å². The van der Waals surface area contributed by atoms with E-state index in [0.29, 0.717) is 17.3 Å². The molecule has 0 bridgehead atoms. The molecule has 0 aliphatic carbocycles. The third kappa shape index (κ3) is 2.51. The van der Waals surface area contributed by atoms with Gasteiger partial charge in [-0.3, -0.25) is 4.79 Å². The van der Waals surface area contributed by atoms with Gasteiger partial charge in [0.1, 0.15) is 5.69 Å². The fraction of sp³-hybridized carbons (Fsp3) is 0.615. The molecule has 0 radical (unpaired) electrons. The predicted octanol–water partition coefficient (Wildman–Crippen LogP) is 1.20. The highest BCUT2D eigenvalue weighted by Gasteiger charge is 2.28. The zero-order valence-electron chi connectivity index (χ0n) is 11.1. The van der Waals surface area contributed by atoms with Crippen LogP contribution >= 0.6 is 0 Å². The molecule has 100 valence electrons. The number of ether oxygens (including phenoxy) is 1. The molecule has 18 heavy (non-hydrogen) atoms. The summed E-state index contributed by atoms with van der Waals surface area (Å²) in [5.74, 6) is 0.536. The number of methoxy groups -OCH3 is 1. The molecule has 5 nitrogen and oxygen atoms in total. The molecule has 0 aromatic carbocycles. The van der Waals surface area contributed by atoms with Crippen LogP contribution in [0.15, 0.2) is 12.3 Å². The van der Waals surface area contributed by atoms with Crippen molar-refractivity contribution in [1.82, 2.24) is 9.47 Å². The molecular formula is C13H21N3O2. The van der Waals surface area contributed by atoms with Crippen molar-refractivity contribution in [2.45, 2.75) is 19.9 Å². The minimum absolute atomic E-state index is 0.0761. The van der Waals surface area contributed by atoms with Crippen LogP contribution in [0, 0.1) is 5.92 Å². The first-order valence-electron chi connectivity index (χ1n) is 6.39. The lowest BCUT2D eigenvalue weighted by molar-refractivity contribution is 0.0765. The second-order valence-electron chi connectivity index (χ2n) is 4.81. The summed E-state index contributed by atoms with van der Waals surface area (Å²) < 4.78 is 7.05. The molecule has 0 saturated carbocycles. The highest BCUT2D eigenvalue weighted by atomic mass is 16.5. The number of hydrogen-bond acceptors (Lipinski definition) is 3. The first-order valence-corrected chi connectivity index (χ1v) is 6.39. The lowest BCUT2D eigenvalue weighted by atomic mass is 10.1. The maximum absolute atomic E-state index is 12.4. The molecule has 1 amide bonds. The van der Waals surface area contributed by atoms with Gasteiger partial charge in [-0.1, -0.05) is 0 Å². The number of aromatic nitrogens is 1. The Morgan fingerprint density at radius 3 is 3.06 bits per heavy atom. The fourth-order valence-corrected chi connectivity index (χ4v) is 2.52. The first kappa shape index (κ1) is 13.0. The van der Waals surface area contributed by atoms with Gasteiger partial charge in [0.15, 0.2) is 0 Å². The molecule has 1 saturated heterocycles. The fourth-order valence-electron chi connectivity index (χ4n) is 2.52. The summed E-state index contributed by atoms with van der Waals surface area (Å²) in [7, 11) is 1.70. The molecule has 0 spiro atoms. The predicted molar refractivity (Wildman–Crippen MR) is 70.4 cm³/mol. The SMILES string of the molecule is CCn1cc(N)cc1C(=O)N1CCC(COC)C1. The normalized spacial score (nSPS) is 19.4. The van der Waals surface area contributed by atoms with Crippen LogP contribution in [0.4, 0.5) is 5.69 Å². The number of carbonyl (C=O) groups excluding carboxylic acids is 1. The minimum atomic E-state index is 0.0761. The van der Waals surface area contributed by atoms with Crippen molar-refractivity contribution in [1.29, 1.82) is 0 Å². The van der Waals surface area contributed by atoms with Crippen LogP contribution in [-0.2, 0) is 11.3 Å². The third-order valence-corrected chi connectivity index (χ3v) is 3.45. The van der Waals surface area contributed by atoms with E-state index in [0.717, 1.165) is 32.7 Å². The van der Waals surface area contributed by atoms with E-state index in [1.165, 1.54) is 0 Å². The van der Waals surface area contributed by atoms with E-state index in [2.05, 4.69) is 0 Å². The van der Waals surface area contributed by atoms with E-state index < -0.39 is 0 Å². The Morgan fingerprint density at radius 2 is 2.39 bits per heavy atom. The van der Waals surface area contributed by atoms with Gasteiger partial charge in [-0.25, -0.2) is 0 Å². The number of nitrogen functional groups attached to an aromatic ring is 1. The summed E-state index contributed by atoms with van der Waals surface area (Å²) in [5, 5.41) is 0. The van der Waals surface area contributed by atoms with Crippen molar-refractivity contribution in [3.63, 3.8) is 0 Å². The average molecular weight is 251 g/mol. The zero-order valence-corrected chi connectivity index (χ0v) is 11.1. The third-order valence-electron chi connectivity index (χ3n) is 3.45. The van der Waals surface area contributed by atoms with Gasteiger partial charge in [-0.05, 0) is 19.4 Å². The molecule has 1 aliphatic heterocycles. The number of carbonyl (C=O) groups is 1. The molecule has 2 N–H and O–H groups in total. The molecule has 2 heterocycles. The molecule has 1 aromatic rings. The number of aryl methyl sites for hydroxylation is 1. The summed E-state index contributed by atoms with van der Waals surface area (Å²) in [5.41, 5.74) is 7.09. The maximum atomic E-state index is 12.4. The molecule has 1 aliphatic rings. The van der Waals surface area contributed by atoms with E-state index in [4.69, 9.17) is 10.5 Å². The Morgan fingerprint density at radius 1 is 1.61 bits per heavy atom. The van der Waals surface area contributed by atoms with E-state index in [-0.39, 0.29) is 5.91 Å². The molecule has 1 atom stereocenters. The molecule has 1 unspecified atom stereocenters. The Labute approximate surface area is 108 Å². The van der Waals surface area contributed by atoms with Crippen LogP contribution in [-0.4, -0.2) is 42.2 Å². The van der Waals surface area contributed by atoms with Crippen LogP contribution in [0.3, 0.4) is 0 Å². The smallest absolute Gasteiger partial charge is 0.270 e. The second-order valence-corrected chi connectivity index (χ2v) is 4.81. The number of anilines is 1. The molecule has 2 rings (SSSR count). The van der Waals surface area contributed by atoms with Crippen LogP contribution < -0.4 is 5.73 Å². The van der Waals surface area contributed by atoms with E-state index >= 15 is 0 Å². The van der Waals surface area contributed by atoms with Crippen LogP contribution in [0.2, 0.25) is 0 Å². The summed E-state index contributed by atoms with van der Waals surface area (Å²) in [4.78, 5) is 14.3. The van der Waals surface area contributed by atoms with Gasteiger partial charge in [0, 0.05) is 38.9 Å². The topological polar surface area (TPSA) is 60.5 Å². The van der Waals surface area contributed by atoms with Gasteiger partial charge in [-0.15, -0.1) is 0 Å². The largest absolute Gasteiger partial charge is 0.397 e. The number of amides is 1. The zero-order chi connectivity index (χ0) is 13.1. The Bertz CT molecular complexity index is 428. The van der Waals surface area contributed by atoms with Crippen LogP contribution in [0.1, 0.15) is 23.8 Å². The van der Waals surface area contributed by atoms with Gasteiger partial charge in [-0.2, -0.15) is 0 Å². The standard InChI is InChI=1S/C13H21N3O2/c1-3-15-8-11(14)6-12(15)13(17)16-5-4-10(7-16)9-18-2/h6,8,10H,3-5,7,9,14H2,1-2H3. The highest BCUT2D eigenvalue weighted by Crippen LogP contribution is 2.20. The average Bonchev–Trinajstić information content (AvgIpc) is 2.95. The van der Waals surface area contributed by atoms with E-state index in [1.54, 1.807) is 13.2 Å². The number of likely N-dealkylation sites (tertiary alicyclic amines) is 1. The number of nitrogens with two attached hydrogens (primary N) is 1. The van der Waals surface area contributed by atoms with Gasteiger partial charge >= 0.3 is 0 Å². The molecular weight excluding hydrogens is 230 g/mol. The molecule has 1 aromatic heterocycles. The lowest BCUT2D eigenvalue weighted by Gasteiger charge is -2.17. The van der Waals surface area contributed by atoms with Crippen molar-refractivity contribution in [2.75, 3.05) is 32.5 Å². The minimum Gasteiger partial charge on any atom is -0.397 e. The summed E-state index contributed by atoms with van der Waals surface area (Å²) in [6.07, 6.45) is 2.83. The monoisotopic (exact) mass is 251 g/mol. The molecule has 5 heteroatoms. The first-order chi connectivity index (χ1) is 8.65. The van der Waals surface area contributed by atoms with Crippen molar-refractivity contribution in [2.24, 2.45) is 5.92 Å². The van der Waals surface area contributed by atoms with Crippen molar-refractivity contribution in [3.8, 4) is 0 Å². The summed E-state index contributed by atoms with van der Waals surface area (Å²) in [6.45, 7) is 5.07. The lowest BCUT2D eigenvalue weighted by Crippen LogP contribution is -2.30. The number of rotatable bonds is 4. The van der Waals surface area contributed by atoms with Gasteiger partial charge in [0.2, 0.25) is 0 Å². The Hall–Kier alpha value is -1.49. The highest BCUT2D eigenvalue weighted by molar-refractivity contribution is 5.94. The Balaban J connectivity index is 2.07. The molecule has 1 fully saturated rings. The van der Waals surface area contributed by atoms with E-state index in [1.807, 2.05) is 22.6 Å². The summed E-state index contributed by atoms with van der Waals surface area (Å²) in [6, 6.07) is 1.76. The number of hydrogen-bond donors (Lipinski definition) is 1.